The Morgan fingerprint density at radius 1 is 1.25 bits per heavy atom. The molecular weight excluding hydrogens is 148 g/mol. The molecule has 0 saturated carbocycles. The number of rotatable bonds is 7. The van der Waals surface area contributed by atoms with Gasteiger partial charge in [0.1, 0.15) is 5.78 Å². The maximum Gasteiger partial charge on any atom is 0.129 e. The third-order valence-corrected chi connectivity index (χ3v) is 2.29. The largest absolute Gasteiger partial charge is 0.300 e. The highest BCUT2D eigenvalue weighted by Crippen LogP contribution is 2.14. The summed E-state index contributed by atoms with van der Waals surface area (Å²) in [6.45, 7) is 6.15. The van der Waals surface area contributed by atoms with Gasteiger partial charge in [-0.15, -0.1) is 0 Å². The SMILES string of the molecule is CCCCCC(C)CCC(C)=O. The Morgan fingerprint density at radius 3 is 2.42 bits per heavy atom. The fourth-order valence-electron chi connectivity index (χ4n) is 1.34. The van der Waals surface area contributed by atoms with Gasteiger partial charge in [-0.05, 0) is 19.3 Å². The van der Waals surface area contributed by atoms with Crippen molar-refractivity contribution in [3.05, 3.63) is 0 Å². The zero-order valence-corrected chi connectivity index (χ0v) is 8.73. The van der Waals surface area contributed by atoms with Gasteiger partial charge in [-0.2, -0.15) is 0 Å². The molecule has 72 valence electrons. The minimum Gasteiger partial charge on any atom is -0.300 e. The molecule has 1 atom stereocenters. The van der Waals surface area contributed by atoms with E-state index < -0.39 is 0 Å². The molecule has 1 heteroatoms. The highest BCUT2D eigenvalue weighted by molar-refractivity contribution is 5.75. The summed E-state index contributed by atoms with van der Waals surface area (Å²) in [6, 6.07) is 0. The molecule has 0 heterocycles. The van der Waals surface area contributed by atoms with Crippen molar-refractivity contribution in [2.75, 3.05) is 0 Å². The minimum absolute atomic E-state index is 0.331. The summed E-state index contributed by atoms with van der Waals surface area (Å²) in [7, 11) is 0. The molecule has 12 heavy (non-hydrogen) atoms. The molecule has 0 radical (unpaired) electrons. The van der Waals surface area contributed by atoms with Gasteiger partial charge in [-0.3, -0.25) is 0 Å². The lowest BCUT2D eigenvalue weighted by atomic mass is 9.97. The molecule has 0 aromatic carbocycles. The molecule has 0 bridgehead atoms. The Morgan fingerprint density at radius 2 is 1.92 bits per heavy atom. The van der Waals surface area contributed by atoms with E-state index in [9.17, 15) is 4.79 Å². The molecule has 0 rings (SSSR count). The van der Waals surface area contributed by atoms with Gasteiger partial charge in [-0.1, -0.05) is 39.5 Å². The van der Waals surface area contributed by atoms with Crippen LogP contribution < -0.4 is 0 Å². The van der Waals surface area contributed by atoms with Gasteiger partial charge in [0.2, 0.25) is 0 Å². The third-order valence-electron chi connectivity index (χ3n) is 2.29. The van der Waals surface area contributed by atoms with Gasteiger partial charge in [0.05, 0.1) is 0 Å². The van der Waals surface area contributed by atoms with E-state index >= 15 is 0 Å². The second kappa shape index (κ2) is 7.33. The summed E-state index contributed by atoms with van der Waals surface area (Å²) in [5.74, 6) is 1.07. The van der Waals surface area contributed by atoms with Gasteiger partial charge in [0.25, 0.3) is 0 Å². The Balaban J connectivity index is 3.21. The molecule has 0 aromatic rings. The van der Waals surface area contributed by atoms with Crippen LogP contribution in [-0.2, 0) is 4.79 Å². The molecule has 0 aliphatic rings. The first kappa shape index (κ1) is 11.7. The normalized spacial score (nSPS) is 12.9. The summed E-state index contributed by atoms with van der Waals surface area (Å²) >= 11 is 0. The van der Waals surface area contributed by atoms with Crippen LogP contribution in [0.3, 0.4) is 0 Å². The van der Waals surface area contributed by atoms with E-state index in [-0.39, 0.29) is 0 Å². The molecule has 0 aromatic heterocycles. The lowest BCUT2D eigenvalue weighted by molar-refractivity contribution is -0.117. The van der Waals surface area contributed by atoms with Gasteiger partial charge in [0, 0.05) is 6.42 Å². The van der Waals surface area contributed by atoms with Crippen molar-refractivity contribution in [3.63, 3.8) is 0 Å². The Bertz CT molecular complexity index is 118. The predicted octanol–water partition coefficient (Wildman–Crippen LogP) is 3.57. The van der Waals surface area contributed by atoms with Crippen molar-refractivity contribution in [1.82, 2.24) is 0 Å². The van der Waals surface area contributed by atoms with Crippen LogP contribution in [-0.4, -0.2) is 5.78 Å². The van der Waals surface area contributed by atoms with E-state index in [0.717, 1.165) is 18.8 Å². The molecule has 0 fully saturated rings. The molecule has 0 spiro atoms. The summed E-state index contributed by atoms with van der Waals surface area (Å²) in [5, 5.41) is 0. The van der Waals surface area contributed by atoms with E-state index in [1.165, 1.54) is 25.7 Å². The first-order valence-electron chi connectivity index (χ1n) is 5.16. The molecule has 0 amide bonds. The van der Waals surface area contributed by atoms with Crippen molar-refractivity contribution in [2.45, 2.75) is 59.3 Å². The van der Waals surface area contributed by atoms with Crippen molar-refractivity contribution >= 4 is 5.78 Å². The number of carbonyl (C=O) groups excluding carboxylic acids is 1. The molecule has 1 unspecified atom stereocenters. The van der Waals surface area contributed by atoms with Crippen LogP contribution >= 0.6 is 0 Å². The van der Waals surface area contributed by atoms with E-state index in [0.29, 0.717) is 5.78 Å². The summed E-state index contributed by atoms with van der Waals surface area (Å²) in [6.07, 6.45) is 7.10. The number of carbonyl (C=O) groups is 1. The van der Waals surface area contributed by atoms with Crippen LogP contribution in [0.2, 0.25) is 0 Å². The molecule has 0 N–H and O–H groups in total. The maximum absolute atomic E-state index is 10.7. The lowest BCUT2D eigenvalue weighted by Crippen LogP contribution is -1.98. The Labute approximate surface area is 76.6 Å². The molecule has 0 aliphatic heterocycles. The average molecular weight is 170 g/mol. The zero-order chi connectivity index (χ0) is 9.40. The van der Waals surface area contributed by atoms with E-state index in [2.05, 4.69) is 13.8 Å². The van der Waals surface area contributed by atoms with Crippen LogP contribution in [0.1, 0.15) is 59.3 Å². The number of hydrogen-bond acceptors (Lipinski definition) is 1. The smallest absolute Gasteiger partial charge is 0.129 e. The van der Waals surface area contributed by atoms with Crippen molar-refractivity contribution in [1.29, 1.82) is 0 Å². The standard InChI is InChI=1S/C11H22O/c1-4-5-6-7-10(2)8-9-11(3)12/h10H,4-9H2,1-3H3. The third kappa shape index (κ3) is 7.77. The molecular formula is C11H22O. The second-order valence-corrected chi connectivity index (χ2v) is 3.84. The van der Waals surface area contributed by atoms with Gasteiger partial charge < -0.3 is 4.79 Å². The van der Waals surface area contributed by atoms with Gasteiger partial charge in [-0.25, -0.2) is 0 Å². The fraction of sp³-hybridized carbons (Fsp3) is 0.909. The minimum atomic E-state index is 0.331. The first-order chi connectivity index (χ1) is 5.66. The monoisotopic (exact) mass is 170 g/mol. The number of Topliss-reactive ketones (excluding diaryl/α,β-unsaturated/α-hetero) is 1. The van der Waals surface area contributed by atoms with E-state index in [4.69, 9.17) is 0 Å². The van der Waals surface area contributed by atoms with Gasteiger partial charge >= 0.3 is 0 Å². The predicted molar refractivity (Wildman–Crippen MR) is 53.2 cm³/mol. The molecule has 0 aliphatic carbocycles. The van der Waals surface area contributed by atoms with Crippen LogP contribution in [0.4, 0.5) is 0 Å². The Kier molecular flexibility index (Phi) is 7.12. The zero-order valence-electron chi connectivity index (χ0n) is 8.73. The number of unbranched alkanes of at least 4 members (excludes halogenated alkanes) is 2. The molecule has 0 saturated heterocycles. The quantitative estimate of drug-likeness (QED) is 0.534. The van der Waals surface area contributed by atoms with Crippen molar-refractivity contribution < 1.29 is 4.79 Å². The summed E-state index contributed by atoms with van der Waals surface area (Å²) < 4.78 is 0. The topological polar surface area (TPSA) is 17.1 Å². The summed E-state index contributed by atoms with van der Waals surface area (Å²) in [5.41, 5.74) is 0. The Hall–Kier alpha value is -0.330. The van der Waals surface area contributed by atoms with Crippen molar-refractivity contribution in [2.24, 2.45) is 5.92 Å². The molecule has 1 nitrogen and oxygen atoms in total. The van der Waals surface area contributed by atoms with Crippen molar-refractivity contribution in [3.8, 4) is 0 Å². The average Bonchev–Trinajstić information content (AvgIpc) is 2.01. The van der Waals surface area contributed by atoms with Crippen LogP contribution in [0.15, 0.2) is 0 Å². The van der Waals surface area contributed by atoms with E-state index in [1.807, 2.05) is 0 Å². The number of ketones is 1. The fourth-order valence-corrected chi connectivity index (χ4v) is 1.34. The first-order valence-corrected chi connectivity index (χ1v) is 5.16. The number of hydrogen-bond donors (Lipinski definition) is 0. The highest BCUT2D eigenvalue weighted by Gasteiger charge is 2.02. The van der Waals surface area contributed by atoms with Crippen LogP contribution in [0.5, 0.6) is 0 Å². The summed E-state index contributed by atoms with van der Waals surface area (Å²) in [4.78, 5) is 10.7. The lowest BCUT2D eigenvalue weighted by Gasteiger charge is -2.08. The second-order valence-electron chi connectivity index (χ2n) is 3.84. The maximum atomic E-state index is 10.7. The van der Waals surface area contributed by atoms with E-state index in [1.54, 1.807) is 6.92 Å². The van der Waals surface area contributed by atoms with Crippen LogP contribution in [0, 0.1) is 5.92 Å². The van der Waals surface area contributed by atoms with Crippen LogP contribution in [0.25, 0.3) is 0 Å². The van der Waals surface area contributed by atoms with Gasteiger partial charge in [0.15, 0.2) is 0 Å². The highest BCUT2D eigenvalue weighted by atomic mass is 16.1.